The highest BCUT2D eigenvalue weighted by Crippen LogP contribution is 2.34. The minimum absolute atomic E-state index is 0.0997. The van der Waals surface area contributed by atoms with Crippen LogP contribution in [0.2, 0.25) is 5.02 Å². The molecule has 0 fully saturated rings. The second kappa shape index (κ2) is 6.46. The van der Waals surface area contributed by atoms with Crippen molar-refractivity contribution >= 4 is 29.1 Å². The Hall–Kier alpha value is -2.26. The molecule has 7 heteroatoms. The van der Waals surface area contributed by atoms with Crippen molar-refractivity contribution < 1.29 is 14.3 Å². The maximum Gasteiger partial charge on any atom is 0.265 e. The topological polar surface area (TPSA) is 73.6 Å². The highest BCUT2D eigenvalue weighted by molar-refractivity contribution is 6.31. The van der Waals surface area contributed by atoms with Crippen LogP contribution in [0.15, 0.2) is 18.2 Å². The summed E-state index contributed by atoms with van der Waals surface area (Å²) < 4.78 is 5.31. The van der Waals surface area contributed by atoms with Gasteiger partial charge in [0.1, 0.15) is 12.3 Å². The van der Waals surface area contributed by atoms with E-state index in [1.165, 1.54) is 9.80 Å². The van der Waals surface area contributed by atoms with E-state index in [4.69, 9.17) is 21.6 Å². The van der Waals surface area contributed by atoms with Crippen LogP contribution < -0.4 is 9.64 Å². The number of nitrogens with zero attached hydrogens (tertiary/aromatic N) is 3. The van der Waals surface area contributed by atoms with E-state index in [-0.39, 0.29) is 31.4 Å². The van der Waals surface area contributed by atoms with Gasteiger partial charge in [-0.15, -0.1) is 0 Å². The van der Waals surface area contributed by atoms with Gasteiger partial charge in [-0.2, -0.15) is 5.26 Å². The molecular formula is C14H14ClN3O3. The van der Waals surface area contributed by atoms with Crippen molar-refractivity contribution in [2.24, 2.45) is 0 Å². The van der Waals surface area contributed by atoms with Gasteiger partial charge in [-0.05, 0) is 18.2 Å². The summed E-state index contributed by atoms with van der Waals surface area (Å²) in [5, 5.41) is 9.00. The molecule has 0 N–H and O–H groups in total. The van der Waals surface area contributed by atoms with E-state index in [2.05, 4.69) is 0 Å². The van der Waals surface area contributed by atoms with Crippen molar-refractivity contribution in [2.45, 2.75) is 6.42 Å². The van der Waals surface area contributed by atoms with Crippen LogP contribution in [0.5, 0.6) is 5.75 Å². The monoisotopic (exact) mass is 307 g/mol. The lowest BCUT2D eigenvalue weighted by Crippen LogP contribution is -2.45. The third-order valence-electron chi connectivity index (χ3n) is 3.14. The Labute approximate surface area is 127 Å². The van der Waals surface area contributed by atoms with Crippen LogP contribution in [0.25, 0.3) is 0 Å². The lowest BCUT2D eigenvalue weighted by atomic mass is 10.2. The predicted molar refractivity (Wildman–Crippen MR) is 77.2 cm³/mol. The maximum atomic E-state index is 12.1. The molecule has 0 unspecified atom stereocenters. The number of carbonyl (C=O) groups is 2. The number of nitriles is 1. The highest BCUT2D eigenvalue weighted by atomic mass is 35.5. The van der Waals surface area contributed by atoms with Crippen molar-refractivity contribution in [2.75, 3.05) is 31.6 Å². The van der Waals surface area contributed by atoms with Gasteiger partial charge >= 0.3 is 0 Å². The van der Waals surface area contributed by atoms with Crippen LogP contribution >= 0.6 is 11.6 Å². The summed E-state index contributed by atoms with van der Waals surface area (Å²) in [5.41, 5.74) is 0.487. The molecular weight excluding hydrogens is 294 g/mol. The van der Waals surface area contributed by atoms with Crippen LogP contribution in [0.3, 0.4) is 0 Å². The van der Waals surface area contributed by atoms with Gasteiger partial charge in [0.25, 0.3) is 5.91 Å². The molecule has 0 saturated heterocycles. The number of ether oxygens (including phenoxy) is 1. The van der Waals surface area contributed by atoms with E-state index in [1.807, 2.05) is 6.07 Å². The van der Waals surface area contributed by atoms with Crippen LogP contribution in [0.1, 0.15) is 6.42 Å². The lowest BCUT2D eigenvalue weighted by Gasteiger charge is -2.30. The fraction of sp³-hybridized carbons (Fsp3) is 0.357. The highest BCUT2D eigenvalue weighted by Gasteiger charge is 2.28. The Morgan fingerprint density at radius 2 is 2.33 bits per heavy atom. The minimum atomic E-state index is -0.299. The Kier molecular flexibility index (Phi) is 4.66. The first-order valence-corrected chi connectivity index (χ1v) is 6.74. The number of anilines is 1. The van der Waals surface area contributed by atoms with Gasteiger partial charge in [-0.25, -0.2) is 0 Å². The van der Waals surface area contributed by atoms with E-state index in [0.717, 1.165) is 0 Å². The van der Waals surface area contributed by atoms with Crippen LogP contribution in [-0.4, -0.2) is 43.5 Å². The van der Waals surface area contributed by atoms with Gasteiger partial charge in [0, 0.05) is 18.6 Å². The molecule has 0 radical (unpaired) electrons. The van der Waals surface area contributed by atoms with E-state index < -0.39 is 0 Å². The van der Waals surface area contributed by atoms with Crippen molar-refractivity contribution in [1.82, 2.24) is 4.90 Å². The van der Waals surface area contributed by atoms with Crippen LogP contribution in [0, 0.1) is 11.3 Å². The summed E-state index contributed by atoms with van der Waals surface area (Å²) in [7, 11) is 1.60. The number of fused-ring (bicyclic) bond motifs is 1. The number of rotatable bonds is 4. The fourth-order valence-electron chi connectivity index (χ4n) is 1.95. The molecule has 1 aliphatic heterocycles. The van der Waals surface area contributed by atoms with E-state index in [9.17, 15) is 9.59 Å². The number of benzene rings is 1. The Morgan fingerprint density at radius 1 is 1.57 bits per heavy atom. The largest absolute Gasteiger partial charge is 0.482 e. The summed E-state index contributed by atoms with van der Waals surface area (Å²) in [6.45, 7) is 0.123. The normalized spacial score (nSPS) is 13.2. The standard InChI is InChI=1S/C14H14ClN3O3/c1-17(6-2-5-16)13(19)8-18-11-7-10(15)3-4-12(11)21-9-14(18)20/h3-4,7H,2,6,8-9H2,1H3. The summed E-state index contributed by atoms with van der Waals surface area (Å²) in [6, 6.07) is 6.90. The first kappa shape index (κ1) is 15.1. The molecule has 0 atom stereocenters. The van der Waals surface area contributed by atoms with Crippen LogP contribution in [-0.2, 0) is 9.59 Å². The molecule has 0 aliphatic carbocycles. The van der Waals surface area contributed by atoms with Crippen LogP contribution in [0.4, 0.5) is 5.69 Å². The maximum absolute atomic E-state index is 12.1. The fourth-order valence-corrected chi connectivity index (χ4v) is 2.11. The molecule has 0 saturated carbocycles. The van der Waals surface area contributed by atoms with Crippen molar-refractivity contribution in [3.63, 3.8) is 0 Å². The predicted octanol–water partition coefficient (Wildman–Crippen LogP) is 1.44. The molecule has 6 nitrogen and oxygen atoms in total. The number of hydrogen-bond donors (Lipinski definition) is 0. The molecule has 1 aliphatic rings. The SMILES string of the molecule is CN(CCC#N)C(=O)CN1C(=O)COc2ccc(Cl)cc21. The molecule has 21 heavy (non-hydrogen) atoms. The molecule has 1 aromatic rings. The van der Waals surface area contributed by atoms with Crippen molar-refractivity contribution in [3.8, 4) is 11.8 Å². The Morgan fingerprint density at radius 3 is 3.05 bits per heavy atom. The molecule has 2 rings (SSSR count). The van der Waals surface area contributed by atoms with E-state index in [0.29, 0.717) is 23.0 Å². The zero-order chi connectivity index (χ0) is 15.4. The molecule has 1 heterocycles. The van der Waals surface area contributed by atoms with Gasteiger partial charge in [-0.1, -0.05) is 11.6 Å². The first-order chi connectivity index (χ1) is 10.0. The smallest absolute Gasteiger partial charge is 0.265 e. The summed E-state index contributed by atoms with van der Waals surface area (Å²) >= 11 is 5.93. The third kappa shape index (κ3) is 3.44. The summed E-state index contributed by atoms with van der Waals surface area (Å²) in [4.78, 5) is 26.9. The van der Waals surface area contributed by atoms with Gasteiger partial charge in [0.2, 0.25) is 5.91 Å². The molecule has 0 bridgehead atoms. The number of carbonyl (C=O) groups excluding carboxylic acids is 2. The second-order valence-electron chi connectivity index (χ2n) is 4.60. The van der Waals surface area contributed by atoms with Gasteiger partial charge < -0.3 is 9.64 Å². The zero-order valence-corrected chi connectivity index (χ0v) is 12.3. The average Bonchev–Trinajstić information content (AvgIpc) is 2.47. The summed E-state index contributed by atoms with van der Waals surface area (Å²) in [6.07, 6.45) is 0.252. The summed E-state index contributed by atoms with van der Waals surface area (Å²) in [5.74, 6) is -0.0234. The second-order valence-corrected chi connectivity index (χ2v) is 5.04. The quantitative estimate of drug-likeness (QED) is 0.843. The molecule has 0 spiro atoms. The van der Waals surface area contributed by atoms with Gasteiger partial charge in [0.05, 0.1) is 18.2 Å². The van der Waals surface area contributed by atoms with Gasteiger partial charge in [-0.3, -0.25) is 14.5 Å². The zero-order valence-electron chi connectivity index (χ0n) is 11.5. The van der Waals surface area contributed by atoms with Gasteiger partial charge in [0.15, 0.2) is 6.61 Å². The Balaban J connectivity index is 2.16. The van der Waals surface area contributed by atoms with E-state index in [1.54, 1.807) is 25.2 Å². The lowest BCUT2D eigenvalue weighted by molar-refractivity contribution is -0.130. The number of hydrogen-bond acceptors (Lipinski definition) is 4. The van der Waals surface area contributed by atoms with E-state index >= 15 is 0 Å². The number of halogens is 1. The molecule has 0 aromatic heterocycles. The first-order valence-electron chi connectivity index (χ1n) is 6.36. The number of likely N-dealkylation sites (N-methyl/N-ethyl adjacent to an activating group) is 1. The molecule has 1 aromatic carbocycles. The average molecular weight is 308 g/mol. The van der Waals surface area contributed by atoms with Crippen molar-refractivity contribution in [1.29, 1.82) is 5.26 Å². The molecule has 2 amide bonds. The Bertz CT molecular complexity index is 612. The minimum Gasteiger partial charge on any atom is -0.482 e. The van der Waals surface area contributed by atoms with Crippen molar-refractivity contribution in [3.05, 3.63) is 23.2 Å². The number of amides is 2. The molecule has 110 valence electrons. The third-order valence-corrected chi connectivity index (χ3v) is 3.38.